The first kappa shape index (κ1) is 18.6. The first-order valence-corrected chi connectivity index (χ1v) is 10.2. The van der Waals surface area contributed by atoms with Crippen LogP contribution in [-0.4, -0.2) is 35.2 Å². The molecule has 0 radical (unpaired) electrons. The zero-order chi connectivity index (χ0) is 16.6. The number of carbonyl (C=O) groups is 2. The van der Waals surface area contributed by atoms with E-state index in [1.54, 1.807) is 0 Å². The van der Waals surface area contributed by atoms with Gasteiger partial charge in [0.1, 0.15) is 5.78 Å². The van der Waals surface area contributed by atoms with Crippen LogP contribution in [0.25, 0.3) is 0 Å². The summed E-state index contributed by atoms with van der Waals surface area (Å²) in [6.07, 6.45) is 5.24. The van der Waals surface area contributed by atoms with E-state index in [0.717, 1.165) is 25.7 Å². The van der Waals surface area contributed by atoms with Gasteiger partial charge in [-0.3, -0.25) is 4.79 Å². The largest absolute Gasteiger partial charge is 0.300 e. The summed E-state index contributed by atoms with van der Waals surface area (Å²) in [5, 5.41) is 10.7. The number of nitrogens with one attached hydrogen (secondary N) is 1. The molecule has 7 nitrogen and oxygen atoms in total. The molecule has 0 aliphatic heterocycles. The van der Waals surface area contributed by atoms with Crippen molar-refractivity contribution in [2.45, 2.75) is 39.0 Å². The van der Waals surface area contributed by atoms with Gasteiger partial charge in [0.05, 0.1) is 0 Å². The Morgan fingerprint density at radius 2 is 1.73 bits per heavy atom. The van der Waals surface area contributed by atoms with Crippen LogP contribution in [0.4, 0.5) is 5.69 Å². The van der Waals surface area contributed by atoms with Gasteiger partial charge in [-0.05, 0) is 12.8 Å². The summed E-state index contributed by atoms with van der Waals surface area (Å²) in [4.78, 5) is 21.1. The van der Waals surface area contributed by atoms with Crippen molar-refractivity contribution < 1.29 is 26.6 Å². The Morgan fingerprint density at radius 3 is 2.09 bits per heavy atom. The Labute approximate surface area is 131 Å². The number of benzene rings is 1. The van der Waals surface area contributed by atoms with E-state index in [-0.39, 0.29) is 10.3 Å². The van der Waals surface area contributed by atoms with Crippen LogP contribution in [0.3, 0.4) is 0 Å². The molecule has 1 aromatic rings. The molecule has 1 fully saturated rings. The smallest absolute Gasteiger partial charge is 0.132 e. The molecule has 1 aliphatic rings. The van der Waals surface area contributed by atoms with Crippen molar-refractivity contribution in [2.75, 3.05) is 5.32 Å². The number of anilines is 1. The van der Waals surface area contributed by atoms with Crippen molar-refractivity contribution in [1.82, 2.24) is 0 Å². The third kappa shape index (κ3) is 6.57. The zero-order valence-electron chi connectivity index (χ0n) is 12.3. The summed E-state index contributed by atoms with van der Waals surface area (Å²) >= 11 is -4.76. The van der Waals surface area contributed by atoms with E-state index in [2.05, 4.69) is 9.19 Å². The first-order valence-electron chi connectivity index (χ1n) is 6.91. The predicted molar refractivity (Wildman–Crippen MR) is 80.8 cm³/mol. The summed E-state index contributed by atoms with van der Waals surface area (Å²) in [5.74, 6) is 0.227. The molecule has 0 spiro atoms. The van der Waals surface area contributed by atoms with Gasteiger partial charge in [0, 0.05) is 12.8 Å². The number of ketones is 1. The standard InChI is InChI=1S/C8H10AsNO5.C6H10O/c1-6(11)10-8-4-2-7(3-5-8)9(12,13)15-14;7-6-4-2-1-3-5-6/h2-5,14H,1H3,(H,10,11)(H,12,13);1-5H2. The molecule has 1 atom stereocenters. The number of rotatable bonds is 3. The molecule has 1 aliphatic carbocycles. The van der Waals surface area contributed by atoms with E-state index in [1.807, 2.05) is 0 Å². The van der Waals surface area contributed by atoms with E-state index in [1.165, 1.54) is 37.6 Å². The Kier molecular flexibility index (Phi) is 7.54. The Balaban J connectivity index is 0.000000287. The summed E-state index contributed by atoms with van der Waals surface area (Å²) in [7, 11) is 0. The maximum Gasteiger partial charge on any atom is 0.132 e. The number of carbonyl (C=O) groups excluding carboxylic acids is 2. The van der Waals surface area contributed by atoms with Gasteiger partial charge in [-0.1, -0.05) is 6.42 Å². The van der Waals surface area contributed by atoms with Crippen molar-refractivity contribution in [3.8, 4) is 0 Å². The van der Waals surface area contributed by atoms with Gasteiger partial charge in [-0.25, -0.2) is 0 Å². The minimum absolute atomic E-state index is 0.00438. The van der Waals surface area contributed by atoms with E-state index < -0.39 is 14.2 Å². The van der Waals surface area contributed by atoms with Crippen LogP contribution in [-0.2, 0) is 17.2 Å². The van der Waals surface area contributed by atoms with Crippen LogP contribution in [0.5, 0.6) is 0 Å². The predicted octanol–water partition coefficient (Wildman–Crippen LogP) is 1.22. The van der Waals surface area contributed by atoms with Crippen molar-refractivity contribution in [3.63, 3.8) is 0 Å². The van der Waals surface area contributed by atoms with Crippen LogP contribution < -0.4 is 9.67 Å². The van der Waals surface area contributed by atoms with Crippen LogP contribution in [0.1, 0.15) is 39.0 Å². The molecule has 1 aromatic carbocycles. The number of amides is 1. The van der Waals surface area contributed by atoms with E-state index in [4.69, 9.17) is 9.35 Å². The molecule has 1 unspecified atom stereocenters. The molecular weight excluding hydrogens is 353 g/mol. The van der Waals surface area contributed by atoms with Gasteiger partial charge in [0.25, 0.3) is 0 Å². The quantitative estimate of drug-likeness (QED) is 0.417. The van der Waals surface area contributed by atoms with Crippen molar-refractivity contribution >= 4 is 35.9 Å². The van der Waals surface area contributed by atoms with Crippen LogP contribution in [0, 0.1) is 0 Å². The fraction of sp³-hybridized carbons (Fsp3) is 0.429. The summed E-state index contributed by atoms with van der Waals surface area (Å²) in [5.41, 5.74) is 0.500. The third-order valence-electron chi connectivity index (χ3n) is 3.04. The number of hydrogen-bond donors (Lipinski definition) is 3. The summed E-state index contributed by atoms with van der Waals surface area (Å²) < 4.78 is 23.8. The summed E-state index contributed by atoms with van der Waals surface area (Å²) in [6.45, 7) is 1.35. The third-order valence-corrected chi connectivity index (χ3v) is 5.49. The fourth-order valence-electron chi connectivity index (χ4n) is 1.93. The molecule has 0 heterocycles. The fourth-order valence-corrected chi connectivity index (χ4v) is 3.23. The molecule has 0 saturated heterocycles. The van der Waals surface area contributed by atoms with Crippen LogP contribution in [0.2, 0.25) is 0 Å². The molecule has 122 valence electrons. The molecule has 2 rings (SSSR count). The van der Waals surface area contributed by atoms with E-state index >= 15 is 0 Å². The molecule has 3 N–H and O–H groups in total. The minimum atomic E-state index is -4.76. The van der Waals surface area contributed by atoms with Gasteiger partial charge in [0.2, 0.25) is 0 Å². The molecule has 0 bridgehead atoms. The number of Topliss-reactive ketones (excluding diaryl/α,β-unsaturated/α-hetero) is 1. The molecule has 8 heteroatoms. The summed E-state index contributed by atoms with van der Waals surface area (Å²) in [6, 6.07) is 5.50. The van der Waals surface area contributed by atoms with Gasteiger partial charge >= 0.3 is 88.4 Å². The maximum atomic E-state index is 11.2. The Hall–Kier alpha value is -1.40. The van der Waals surface area contributed by atoms with Gasteiger partial charge in [-0.2, -0.15) is 0 Å². The molecule has 1 amide bonds. The van der Waals surface area contributed by atoms with Crippen molar-refractivity contribution in [3.05, 3.63) is 24.3 Å². The van der Waals surface area contributed by atoms with Gasteiger partial charge in [0.15, 0.2) is 0 Å². The van der Waals surface area contributed by atoms with E-state index in [0.29, 0.717) is 11.5 Å². The number of hydrogen-bond acceptors (Lipinski definition) is 5. The van der Waals surface area contributed by atoms with Gasteiger partial charge < -0.3 is 0 Å². The maximum absolute atomic E-state index is 11.2. The molecule has 0 aromatic heterocycles. The SMILES string of the molecule is CC(=O)Nc1ccc([As](=O)(O)OO)cc1.O=C1CCCCC1. The zero-order valence-corrected chi connectivity index (χ0v) is 14.2. The second-order valence-corrected chi connectivity index (χ2v) is 8.54. The average molecular weight is 373 g/mol. The second-order valence-electron chi connectivity index (χ2n) is 4.93. The topological polar surface area (TPSA) is 113 Å². The van der Waals surface area contributed by atoms with Crippen molar-refractivity contribution in [1.29, 1.82) is 0 Å². The normalized spacial score (nSPS) is 17.0. The first-order chi connectivity index (χ1) is 10.3. The Morgan fingerprint density at radius 1 is 1.18 bits per heavy atom. The molecular formula is C14H20AsNO6. The monoisotopic (exact) mass is 373 g/mol. The average Bonchev–Trinajstić information content (AvgIpc) is 2.48. The van der Waals surface area contributed by atoms with Gasteiger partial charge in [-0.15, -0.1) is 0 Å². The van der Waals surface area contributed by atoms with Crippen molar-refractivity contribution in [2.24, 2.45) is 0 Å². The molecule has 22 heavy (non-hydrogen) atoms. The minimum Gasteiger partial charge on any atom is -0.300 e. The second kappa shape index (κ2) is 8.90. The Bertz CT molecular complexity index is 549. The molecule has 1 saturated carbocycles. The van der Waals surface area contributed by atoms with E-state index in [9.17, 15) is 13.3 Å². The van der Waals surface area contributed by atoms with Crippen LogP contribution >= 0.6 is 0 Å². The van der Waals surface area contributed by atoms with Crippen LogP contribution in [0.15, 0.2) is 24.3 Å².